The second kappa shape index (κ2) is 11.5. The highest BCUT2D eigenvalue weighted by Gasteiger charge is 2.39. The van der Waals surface area contributed by atoms with Gasteiger partial charge in [-0.1, -0.05) is 53.5 Å². The average Bonchev–Trinajstić information content (AvgIpc) is 2.87. The molecule has 8 nitrogen and oxygen atoms in total. The van der Waals surface area contributed by atoms with Crippen molar-refractivity contribution in [1.29, 1.82) is 0 Å². The van der Waals surface area contributed by atoms with Gasteiger partial charge in [0.05, 0.1) is 28.8 Å². The summed E-state index contributed by atoms with van der Waals surface area (Å²) in [6.07, 6.45) is 0. The number of nitrogens with one attached hydrogen (secondary N) is 1. The highest BCUT2D eigenvalue weighted by Crippen LogP contribution is 2.35. The largest absolute Gasteiger partial charge is 0.463 e. The van der Waals surface area contributed by atoms with Crippen LogP contribution in [0.4, 0.5) is 4.79 Å². The fourth-order valence-corrected chi connectivity index (χ4v) is 5.28. The van der Waals surface area contributed by atoms with E-state index in [4.69, 9.17) is 27.9 Å². The standard InChI is InChI=1S/C27H30Cl2N4O4/c1-4-37-26(35)23-22(31(3)27(36)30-24(23)18-9-5-7-11-20(18)28)16-32-13-14-33(17(2)15-32)25(34)19-10-6-8-12-21(19)29/h5-12,17,24H,4,13-16H2,1-3H3,(H,30,36)/t17-,24-/m0/s1. The van der Waals surface area contributed by atoms with Crippen LogP contribution in [0.2, 0.25) is 10.0 Å². The van der Waals surface area contributed by atoms with Gasteiger partial charge in [0, 0.05) is 50.0 Å². The summed E-state index contributed by atoms with van der Waals surface area (Å²) in [7, 11) is 1.63. The molecule has 1 fully saturated rings. The molecule has 3 amide bonds. The Morgan fingerprint density at radius 2 is 1.73 bits per heavy atom. The Bertz CT molecular complexity index is 1230. The molecule has 37 heavy (non-hydrogen) atoms. The van der Waals surface area contributed by atoms with E-state index in [1.165, 1.54) is 4.90 Å². The molecule has 0 spiro atoms. The number of ether oxygens (including phenoxy) is 1. The van der Waals surface area contributed by atoms with Crippen molar-refractivity contribution >= 4 is 41.1 Å². The number of urea groups is 1. The quantitative estimate of drug-likeness (QED) is 0.546. The van der Waals surface area contributed by atoms with E-state index < -0.39 is 12.0 Å². The maximum absolute atomic E-state index is 13.2. The minimum absolute atomic E-state index is 0.105. The predicted molar refractivity (Wildman–Crippen MR) is 143 cm³/mol. The maximum atomic E-state index is 13.2. The third-order valence-corrected chi connectivity index (χ3v) is 7.41. The summed E-state index contributed by atoms with van der Waals surface area (Å²) < 4.78 is 5.40. The zero-order chi connectivity index (χ0) is 26.7. The van der Waals surface area contributed by atoms with Crippen LogP contribution in [0.25, 0.3) is 0 Å². The van der Waals surface area contributed by atoms with Crippen LogP contribution in [0.1, 0.15) is 35.8 Å². The lowest BCUT2D eigenvalue weighted by molar-refractivity contribution is -0.139. The molecule has 196 valence electrons. The number of rotatable bonds is 6. The zero-order valence-electron chi connectivity index (χ0n) is 21.0. The van der Waals surface area contributed by atoms with Gasteiger partial charge in [-0.05, 0) is 37.6 Å². The molecular weight excluding hydrogens is 515 g/mol. The van der Waals surface area contributed by atoms with Crippen LogP contribution in [0.3, 0.4) is 0 Å². The van der Waals surface area contributed by atoms with Gasteiger partial charge in [0.2, 0.25) is 0 Å². The number of nitrogens with zero attached hydrogens (tertiary/aromatic N) is 3. The lowest BCUT2D eigenvalue weighted by Crippen LogP contribution is -2.56. The summed E-state index contributed by atoms with van der Waals surface area (Å²) in [4.78, 5) is 44.7. The van der Waals surface area contributed by atoms with Gasteiger partial charge in [0.25, 0.3) is 5.91 Å². The van der Waals surface area contributed by atoms with E-state index in [9.17, 15) is 14.4 Å². The lowest BCUT2D eigenvalue weighted by Gasteiger charge is -2.42. The van der Waals surface area contributed by atoms with E-state index in [2.05, 4.69) is 10.2 Å². The first-order chi connectivity index (χ1) is 17.7. The van der Waals surface area contributed by atoms with E-state index in [1.54, 1.807) is 56.4 Å². The van der Waals surface area contributed by atoms with Gasteiger partial charge < -0.3 is 15.0 Å². The Hall–Kier alpha value is -3.07. The molecule has 2 aliphatic heterocycles. The van der Waals surface area contributed by atoms with Crippen molar-refractivity contribution in [3.8, 4) is 0 Å². The second-order valence-corrected chi connectivity index (χ2v) is 9.92. The fourth-order valence-electron chi connectivity index (χ4n) is 4.82. The van der Waals surface area contributed by atoms with Gasteiger partial charge in [0.1, 0.15) is 0 Å². The smallest absolute Gasteiger partial charge is 0.338 e. The number of amides is 3. The Kier molecular flexibility index (Phi) is 8.42. The Balaban J connectivity index is 1.62. The first kappa shape index (κ1) is 27.0. The van der Waals surface area contributed by atoms with Gasteiger partial charge >= 0.3 is 12.0 Å². The van der Waals surface area contributed by atoms with Gasteiger partial charge in [-0.15, -0.1) is 0 Å². The predicted octanol–water partition coefficient (Wildman–Crippen LogP) is 4.35. The summed E-state index contributed by atoms with van der Waals surface area (Å²) >= 11 is 12.7. The topological polar surface area (TPSA) is 82.2 Å². The number of likely N-dealkylation sites (N-methyl/N-ethyl adjacent to an activating group) is 1. The number of benzene rings is 2. The number of esters is 1. The number of carbonyl (C=O) groups excluding carboxylic acids is 3. The van der Waals surface area contributed by atoms with Crippen molar-refractivity contribution in [3.05, 3.63) is 81.0 Å². The second-order valence-electron chi connectivity index (χ2n) is 9.11. The summed E-state index contributed by atoms with van der Waals surface area (Å²) in [6, 6.07) is 12.9. The minimum atomic E-state index is -0.744. The molecule has 2 heterocycles. The Labute approximate surface area is 226 Å². The van der Waals surface area contributed by atoms with Crippen LogP contribution in [-0.2, 0) is 9.53 Å². The summed E-state index contributed by atoms with van der Waals surface area (Å²) in [5.41, 5.74) is 1.99. The number of piperazine rings is 1. The van der Waals surface area contributed by atoms with Crippen molar-refractivity contribution in [2.75, 3.05) is 39.8 Å². The van der Waals surface area contributed by atoms with Gasteiger partial charge in [0.15, 0.2) is 0 Å². The van der Waals surface area contributed by atoms with Crippen LogP contribution in [0, 0.1) is 0 Å². The van der Waals surface area contributed by atoms with E-state index in [-0.39, 0.29) is 24.6 Å². The molecule has 0 aliphatic carbocycles. The maximum Gasteiger partial charge on any atom is 0.338 e. The first-order valence-corrected chi connectivity index (χ1v) is 12.9. The van der Waals surface area contributed by atoms with Gasteiger partial charge in [-0.2, -0.15) is 0 Å². The van der Waals surface area contributed by atoms with Crippen molar-refractivity contribution < 1.29 is 19.1 Å². The van der Waals surface area contributed by atoms with E-state index in [1.807, 2.05) is 17.9 Å². The lowest BCUT2D eigenvalue weighted by atomic mass is 9.94. The van der Waals surface area contributed by atoms with Crippen LogP contribution in [0.5, 0.6) is 0 Å². The summed E-state index contributed by atoms with van der Waals surface area (Å²) in [5.74, 6) is -0.619. The molecule has 2 aliphatic rings. The minimum Gasteiger partial charge on any atom is -0.463 e. The number of carbonyl (C=O) groups is 3. The van der Waals surface area contributed by atoms with E-state index in [0.717, 1.165) is 0 Å². The average molecular weight is 545 g/mol. The molecule has 0 unspecified atom stereocenters. The highest BCUT2D eigenvalue weighted by molar-refractivity contribution is 6.33. The molecule has 2 aromatic rings. The van der Waals surface area contributed by atoms with Crippen molar-refractivity contribution in [2.24, 2.45) is 0 Å². The molecule has 0 aromatic heterocycles. The van der Waals surface area contributed by atoms with Crippen LogP contribution in [0.15, 0.2) is 59.8 Å². The third-order valence-electron chi connectivity index (χ3n) is 6.74. The molecular formula is C27H30Cl2N4O4. The van der Waals surface area contributed by atoms with Crippen LogP contribution < -0.4 is 5.32 Å². The Morgan fingerprint density at radius 1 is 1.05 bits per heavy atom. The monoisotopic (exact) mass is 544 g/mol. The molecule has 4 rings (SSSR count). The van der Waals surface area contributed by atoms with E-state index in [0.29, 0.717) is 58.6 Å². The van der Waals surface area contributed by atoms with Crippen molar-refractivity contribution in [3.63, 3.8) is 0 Å². The highest BCUT2D eigenvalue weighted by atomic mass is 35.5. The molecule has 1 N–H and O–H groups in total. The molecule has 10 heteroatoms. The molecule has 2 atom stereocenters. The Morgan fingerprint density at radius 3 is 2.38 bits per heavy atom. The number of halogens is 2. The van der Waals surface area contributed by atoms with Crippen LogP contribution >= 0.6 is 23.2 Å². The van der Waals surface area contributed by atoms with Gasteiger partial charge in [-0.3, -0.25) is 14.6 Å². The first-order valence-electron chi connectivity index (χ1n) is 12.2. The third kappa shape index (κ3) is 5.61. The normalized spacial score (nSPS) is 20.6. The SMILES string of the molecule is CCOC(=O)C1=C(CN2CCN(C(=O)c3ccccc3Cl)[C@@H](C)C2)N(C)C(=O)N[C@H]1c1ccccc1Cl. The summed E-state index contributed by atoms with van der Waals surface area (Å²) in [6.45, 7) is 5.85. The van der Waals surface area contributed by atoms with Crippen LogP contribution in [-0.4, -0.2) is 78.5 Å². The molecule has 2 aromatic carbocycles. The zero-order valence-corrected chi connectivity index (χ0v) is 22.6. The van der Waals surface area contributed by atoms with Crippen molar-refractivity contribution in [2.45, 2.75) is 25.9 Å². The molecule has 1 saturated heterocycles. The molecule has 0 radical (unpaired) electrons. The van der Waals surface area contributed by atoms with Gasteiger partial charge in [-0.25, -0.2) is 9.59 Å². The fraction of sp³-hybridized carbons (Fsp3) is 0.370. The number of hydrogen-bond acceptors (Lipinski definition) is 5. The molecule has 0 saturated carbocycles. The van der Waals surface area contributed by atoms with E-state index >= 15 is 0 Å². The number of hydrogen-bond donors (Lipinski definition) is 1. The van der Waals surface area contributed by atoms with Crippen molar-refractivity contribution in [1.82, 2.24) is 20.0 Å². The summed E-state index contributed by atoms with van der Waals surface area (Å²) in [5, 5.41) is 3.76. The molecule has 0 bridgehead atoms.